The molecule has 1 aromatic carbocycles. The summed E-state index contributed by atoms with van der Waals surface area (Å²) in [5, 5.41) is 0. The SMILES string of the molecule is Br.COc1cc(F)ccc1C(C)=O. The normalized spacial score (nSPS) is 8.85. The van der Waals surface area contributed by atoms with Crippen LogP contribution in [-0.4, -0.2) is 12.9 Å². The number of methoxy groups -OCH3 is 1. The summed E-state index contributed by atoms with van der Waals surface area (Å²) in [5.41, 5.74) is 0.402. The number of ether oxygens (including phenoxy) is 1. The van der Waals surface area contributed by atoms with Gasteiger partial charge in [-0.15, -0.1) is 17.0 Å². The molecule has 2 nitrogen and oxygen atoms in total. The predicted octanol–water partition coefficient (Wildman–Crippen LogP) is 2.61. The molecular formula is C9H10BrFO2. The topological polar surface area (TPSA) is 26.3 Å². The second-order valence-electron chi connectivity index (χ2n) is 2.40. The number of benzene rings is 1. The molecule has 0 aromatic heterocycles. The summed E-state index contributed by atoms with van der Waals surface area (Å²) < 4.78 is 17.4. The number of halogens is 2. The molecule has 0 amide bonds. The molecule has 0 aliphatic rings. The van der Waals surface area contributed by atoms with Crippen molar-refractivity contribution in [2.75, 3.05) is 7.11 Å². The van der Waals surface area contributed by atoms with Gasteiger partial charge in [0, 0.05) is 6.07 Å². The van der Waals surface area contributed by atoms with E-state index in [1.807, 2.05) is 0 Å². The number of ketones is 1. The Morgan fingerprint density at radius 1 is 1.46 bits per heavy atom. The summed E-state index contributed by atoms with van der Waals surface area (Å²) in [6.07, 6.45) is 0. The van der Waals surface area contributed by atoms with Crippen molar-refractivity contribution in [3.63, 3.8) is 0 Å². The van der Waals surface area contributed by atoms with E-state index in [-0.39, 0.29) is 28.5 Å². The Morgan fingerprint density at radius 2 is 2.08 bits per heavy atom. The Hall–Kier alpha value is -0.900. The lowest BCUT2D eigenvalue weighted by Crippen LogP contribution is -1.97. The third kappa shape index (κ3) is 2.81. The van der Waals surface area contributed by atoms with Crippen molar-refractivity contribution in [3.8, 4) is 5.75 Å². The van der Waals surface area contributed by atoms with Crippen LogP contribution < -0.4 is 4.74 Å². The highest BCUT2D eigenvalue weighted by atomic mass is 79.9. The van der Waals surface area contributed by atoms with Crippen LogP contribution in [-0.2, 0) is 0 Å². The summed E-state index contributed by atoms with van der Waals surface area (Å²) in [6, 6.07) is 3.84. The molecule has 0 saturated carbocycles. The lowest BCUT2D eigenvalue weighted by atomic mass is 10.1. The van der Waals surface area contributed by atoms with Crippen molar-refractivity contribution in [1.29, 1.82) is 0 Å². The Balaban J connectivity index is 0.00000144. The minimum absolute atomic E-state index is 0. The molecule has 0 spiro atoms. The molecule has 0 atom stereocenters. The Morgan fingerprint density at radius 3 is 2.54 bits per heavy atom. The number of carbonyl (C=O) groups is 1. The van der Waals surface area contributed by atoms with Gasteiger partial charge in [-0.3, -0.25) is 4.79 Å². The van der Waals surface area contributed by atoms with Crippen molar-refractivity contribution < 1.29 is 13.9 Å². The fraction of sp³-hybridized carbons (Fsp3) is 0.222. The zero-order valence-corrected chi connectivity index (χ0v) is 9.05. The molecule has 0 N–H and O–H groups in total. The van der Waals surface area contributed by atoms with Gasteiger partial charge in [0.25, 0.3) is 0 Å². The maximum Gasteiger partial charge on any atom is 0.163 e. The van der Waals surface area contributed by atoms with Gasteiger partial charge in [0.05, 0.1) is 12.7 Å². The monoisotopic (exact) mass is 248 g/mol. The van der Waals surface area contributed by atoms with Crippen LogP contribution in [0.5, 0.6) is 5.75 Å². The highest BCUT2D eigenvalue weighted by Gasteiger charge is 2.07. The zero-order valence-electron chi connectivity index (χ0n) is 7.33. The summed E-state index contributed by atoms with van der Waals surface area (Å²) >= 11 is 0. The van der Waals surface area contributed by atoms with Gasteiger partial charge in [0.2, 0.25) is 0 Å². The molecule has 0 bridgehead atoms. The highest BCUT2D eigenvalue weighted by Crippen LogP contribution is 2.19. The van der Waals surface area contributed by atoms with Crippen LogP contribution in [0, 0.1) is 5.82 Å². The standard InChI is InChI=1S/C9H9FO2.BrH/c1-6(11)8-4-3-7(10)5-9(8)12-2;/h3-5H,1-2H3;1H. The Bertz CT molecular complexity index is 312. The Kier molecular flexibility index (Phi) is 4.62. The van der Waals surface area contributed by atoms with Crippen LogP contribution in [0.2, 0.25) is 0 Å². The fourth-order valence-corrected chi connectivity index (χ4v) is 0.956. The molecule has 0 saturated heterocycles. The van der Waals surface area contributed by atoms with Gasteiger partial charge in [-0.25, -0.2) is 4.39 Å². The molecule has 0 radical (unpaired) electrons. The van der Waals surface area contributed by atoms with E-state index < -0.39 is 5.82 Å². The minimum Gasteiger partial charge on any atom is -0.496 e. The van der Waals surface area contributed by atoms with Crippen LogP contribution in [0.15, 0.2) is 18.2 Å². The van der Waals surface area contributed by atoms with Crippen molar-refractivity contribution in [3.05, 3.63) is 29.6 Å². The van der Waals surface area contributed by atoms with E-state index in [0.29, 0.717) is 5.56 Å². The van der Waals surface area contributed by atoms with Crippen LogP contribution in [0.1, 0.15) is 17.3 Å². The van der Waals surface area contributed by atoms with Crippen LogP contribution in [0.25, 0.3) is 0 Å². The van der Waals surface area contributed by atoms with E-state index in [9.17, 15) is 9.18 Å². The van der Waals surface area contributed by atoms with Crippen molar-refractivity contribution in [2.24, 2.45) is 0 Å². The van der Waals surface area contributed by atoms with Gasteiger partial charge in [-0.05, 0) is 19.1 Å². The first-order chi connectivity index (χ1) is 5.65. The van der Waals surface area contributed by atoms with Gasteiger partial charge < -0.3 is 4.74 Å². The maximum atomic E-state index is 12.6. The maximum absolute atomic E-state index is 12.6. The largest absolute Gasteiger partial charge is 0.496 e. The average Bonchev–Trinajstić information content (AvgIpc) is 2.03. The number of Topliss-reactive ketones (excluding diaryl/α,β-unsaturated/α-hetero) is 1. The first kappa shape index (κ1) is 12.1. The second-order valence-corrected chi connectivity index (χ2v) is 2.40. The van der Waals surface area contributed by atoms with E-state index in [1.54, 1.807) is 0 Å². The first-order valence-electron chi connectivity index (χ1n) is 3.49. The molecule has 0 fully saturated rings. The number of hydrogen-bond acceptors (Lipinski definition) is 2. The quantitative estimate of drug-likeness (QED) is 0.753. The fourth-order valence-electron chi connectivity index (χ4n) is 0.956. The first-order valence-corrected chi connectivity index (χ1v) is 3.49. The van der Waals surface area contributed by atoms with Crippen LogP contribution in [0.3, 0.4) is 0 Å². The number of rotatable bonds is 2. The summed E-state index contributed by atoms with van der Waals surface area (Å²) in [7, 11) is 1.40. The third-order valence-corrected chi connectivity index (χ3v) is 1.54. The molecule has 72 valence electrons. The molecule has 4 heteroatoms. The van der Waals surface area contributed by atoms with Gasteiger partial charge in [0.15, 0.2) is 5.78 Å². The minimum atomic E-state index is -0.406. The average molecular weight is 249 g/mol. The van der Waals surface area contributed by atoms with E-state index in [0.717, 1.165) is 0 Å². The van der Waals surface area contributed by atoms with Crippen molar-refractivity contribution in [2.45, 2.75) is 6.92 Å². The predicted molar refractivity (Wildman–Crippen MR) is 53.3 cm³/mol. The molecule has 1 aromatic rings. The summed E-state index contributed by atoms with van der Waals surface area (Å²) in [6.45, 7) is 1.41. The van der Waals surface area contributed by atoms with Gasteiger partial charge in [0.1, 0.15) is 11.6 Å². The molecule has 1 rings (SSSR count). The molecule has 0 aliphatic carbocycles. The second kappa shape index (κ2) is 4.97. The van der Waals surface area contributed by atoms with E-state index in [1.165, 1.54) is 32.2 Å². The summed E-state index contributed by atoms with van der Waals surface area (Å²) in [5.74, 6) is -0.258. The molecular weight excluding hydrogens is 239 g/mol. The molecule has 0 unspecified atom stereocenters. The summed E-state index contributed by atoms with van der Waals surface area (Å²) in [4.78, 5) is 10.9. The van der Waals surface area contributed by atoms with Crippen LogP contribution >= 0.6 is 17.0 Å². The van der Waals surface area contributed by atoms with Crippen molar-refractivity contribution >= 4 is 22.8 Å². The smallest absolute Gasteiger partial charge is 0.163 e. The van der Waals surface area contributed by atoms with E-state index in [2.05, 4.69) is 0 Å². The third-order valence-electron chi connectivity index (χ3n) is 1.54. The van der Waals surface area contributed by atoms with E-state index in [4.69, 9.17) is 4.74 Å². The zero-order chi connectivity index (χ0) is 9.14. The molecule has 0 heterocycles. The Labute approximate surface area is 86.5 Å². The van der Waals surface area contributed by atoms with E-state index >= 15 is 0 Å². The number of hydrogen-bond donors (Lipinski definition) is 0. The molecule has 0 aliphatic heterocycles. The van der Waals surface area contributed by atoms with Gasteiger partial charge in [-0.1, -0.05) is 0 Å². The van der Waals surface area contributed by atoms with Gasteiger partial charge >= 0.3 is 0 Å². The van der Waals surface area contributed by atoms with Gasteiger partial charge in [-0.2, -0.15) is 0 Å². The highest BCUT2D eigenvalue weighted by molar-refractivity contribution is 8.93. The van der Waals surface area contributed by atoms with Crippen molar-refractivity contribution in [1.82, 2.24) is 0 Å². The lowest BCUT2D eigenvalue weighted by molar-refractivity contribution is 0.101. The number of carbonyl (C=O) groups excluding carboxylic acids is 1. The lowest BCUT2D eigenvalue weighted by Gasteiger charge is -2.04. The molecule has 13 heavy (non-hydrogen) atoms. The van der Waals surface area contributed by atoms with Crippen LogP contribution in [0.4, 0.5) is 4.39 Å².